The second kappa shape index (κ2) is 15.5. The topological polar surface area (TPSA) is 73.9 Å². The summed E-state index contributed by atoms with van der Waals surface area (Å²) in [6.45, 7) is 7.58. The Bertz CT molecular complexity index is 3050. The van der Waals surface area contributed by atoms with E-state index in [-0.39, 0.29) is 0 Å². The molecule has 1 aliphatic rings. The van der Waals surface area contributed by atoms with E-state index in [4.69, 9.17) is 24.7 Å². The van der Waals surface area contributed by atoms with Crippen LogP contribution in [-0.2, 0) is 6.67 Å². The molecule has 0 saturated heterocycles. The lowest BCUT2D eigenvalue weighted by Crippen LogP contribution is -2.17. The van der Waals surface area contributed by atoms with Crippen LogP contribution >= 0.6 is 0 Å². The summed E-state index contributed by atoms with van der Waals surface area (Å²) in [5, 5.41) is 2.15. The minimum atomic E-state index is 0.518. The first-order valence-corrected chi connectivity index (χ1v) is 20.0. The maximum atomic E-state index is 6.03. The predicted molar refractivity (Wildman–Crippen MR) is 244 cm³/mol. The lowest BCUT2D eigenvalue weighted by Gasteiger charge is -2.18. The van der Waals surface area contributed by atoms with Gasteiger partial charge in [0, 0.05) is 63.7 Å². The molecule has 290 valence electrons. The summed E-state index contributed by atoms with van der Waals surface area (Å²) in [5.74, 6) is 2.63. The molecule has 0 unspecified atom stereocenters. The lowest BCUT2D eigenvalue weighted by molar-refractivity contribution is 0.372. The normalized spacial score (nSPS) is 13.0. The van der Waals surface area contributed by atoms with E-state index in [1.165, 1.54) is 5.39 Å². The molecular weight excluding hydrogens is 739 g/mol. The van der Waals surface area contributed by atoms with Crippen molar-refractivity contribution in [2.75, 3.05) is 13.7 Å². The molecule has 8 nitrogen and oxygen atoms in total. The minimum Gasteiger partial charge on any atom is -0.488 e. The van der Waals surface area contributed by atoms with E-state index in [2.05, 4.69) is 120 Å². The Hall–Kier alpha value is -7.84. The summed E-state index contributed by atoms with van der Waals surface area (Å²) in [4.78, 5) is 22.3. The van der Waals surface area contributed by atoms with E-state index in [0.717, 1.165) is 72.6 Å². The van der Waals surface area contributed by atoms with Gasteiger partial charge in [0.15, 0.2) is 17.5 Å². The van der Waals surface area contributed by atoms with E-state index in [9.17, 15) is 0 Å². The zero-order valence-electron chi connectivity index (χ0n) is 33.4. The molecule has 0 fully saturated rings. The summed E-state index contributed by atoms with van der Waals surface area (Å²) in [6, 6.07) is 49.4. The van der Waals surface area contributed by atoms with Crippen molar-refractivity contribution in [3.05, 3.63) is 193 Å². The Morgan fingerprint density at radius 2 is 1.33 bits per heavy atom. The molecule has 5 heterocycles. The van der Waals surface area contributed by atoms with Gasteiger partial charge in [0.2, 0.25) is 0 Å². The number of pyridine rings is 1. The Morgan fingerprint density at radius 1 is 0.700 bits per heavy atom. The molecule has 0 amide bonds. The van der Waals surface area contributed by atoms with Gasteiger partial charge in [0.05, 0.1) is 29.1 Å². The number of aryl methyl sites for hydroxylation is 1. The van der Waals surface area contributed by atoms with Crippen molar-refractivity contribution in [1.82, 2.24) is 34.0 Å². The highest BCUT2D eigenvalue weighted by molar-refractivity contribution is 6.00. The van der Waals surface area contributed by atoms with Gasteiger partial charge in [-0.3, -0.25) is 4.98 Å². The second-order valence-corrected chi connectivity index (χ2v) is 14.9. The molecule has 5 aromatic carbocycles. The number of benzene rings is 5. The van der Waals surface area contributed by atoms with Crippen LogP contribution in [0.1, 0.15) is 28.1 Å². The molecule has 0 aliphatic carbocycles. The molecule has 8 heteroatoms. The molecule has 4 aromatic heterocycles. The highest BCUT2D eigenvalue weighted by atomic mass is 16.5. The van der Waals surface area contributed by atoms with Gasteiger partial charge in [-0.1, -0.05) is 122 Å². The first-order valence-electron chi connectivity index (χ1n) is 20.0. The van der Waals surface area contributed by atoms with Crippen molar-refractivity contribution in [2.24, 2.45) is 0 Å². The zero-order valence-corrected chi connectivity index (χ0v) is 33.4. The van der Waals surface area contributed by atoms with Crippen LogP contribution in [0.15, 0.2) is 165 Å². The van der Waals surface area contributed by atoms with Crippen LogP contribution < -0.4 is 4.74 Å². The van der Waals surface area contributed by atoms with Crippen LogP contribution in [0, 0.1) is 6.92 Å². The molecular formula is C52H41N7O. The first kappa shape index (κ1) is 36.5. The zero-order chi connectivity index (χ0) is 40.6. The monoisotopic (exact) mass is 779 g/mol. The maximum Gasteiger partial charge on any atom is 0.183 e. The first-order chi connectivity index (χ1) is 29.6. The van der Waals surface area contributed by atoms with E-state index in [0.29, 0.717) is 36.4 Å². The van der Waals surface area contributed by atoms with Crippen molar-refractivity contribution in [1.29, 1.82) is 0 Å². The number of aromatic nitrogens is 6. The van der Waals surface area contributed by atoms with Crippen LogP contribution in [0.5, 0.6) is 5.75 Å². The molecule has 1 aliphatic heterocycles. The van der Waals surface area contributed by atoms with E-state index in [1.807, 2.05) is 91.1 Å². The maximum absolute atomic E-state index is 6.03. The number of hydrogen-bond acceptors (Lipinski definition) is 6. The Kier molecular flexibility index (Phi) is 9.42. The summed E-state index contributed by atoms with van der Waals surface area (Å²) >= 11 is 0. The van der Waals surface area contributed by atoms with Gasteiger partial charge in [0.1, 0.15) is 18.1 Å². The largest absolute Gasteiger partial charge is 0.488 e. The summed E-state index contributed by atoms with van der Waals surface area (Å²) in [7, 11) is 2.11. The second-order valence-electron chi connectivity index (χ2n) is 14.9. The fraction of sp³-hybridized carbons (Fsp3) is 0.0769. The predicted octanol–water partition coefficient (Wildman–Crippen LogP) is 11.6. The number of nitrogens with zero attached hydrogens (tertiary/aromatic N) is 7. The Morgan fingerprint density at radius 3 is 2.05 bits per heavy atom. The summed E-state index contributed by atoms with van der Waals surface area (Å²) in [5.41, 5.74) is 12.3. The number of hydrogen-bond donors (Lipinski definition) is 0. The van der Waals surface area contributed by atoms with Crippen molar-refractivity contribution in [3.8, 4) is 45.7 Å². The molecule has 0 bridgehead atoms. The van der Waals surface area contributed by atoms with Crippen LogP contribution in [0.3, 0.4) is 0 Å². The average Bonchev–Trinajstić information content (AvgIpc) is 3.95. The molecule has 0 N–H and O–H groups in total. The third kappa shape index (κ3) is 6.54. The smallest absolute Gasteiger partial charge is 0.183 e. The molecule has 0 atom stereocenters. The quantitative estimate of drug-likeness (QED) is 0.138. The standard InChI is InChI=1S/C52H41N7O/c1-4-43-42(32-38-33-60-47-27-17-15-24-40(38)47)41-25-14-16-26-45(41)58(43)34-57(3)31-29-44-35(2)48-46(59(44)39-22-12-7-13-23-39)28-30-53-49(48)52-55-50(36-18-8-5-9-19-36)54-51(56-52)37-20-10-6-11-21-37/h4-32H,1,33-34H2,2-3H3/b31-29-,38-32+. The van der Waals surface area contributed by atoms with E-state index >= 15 is 0 Å². The van der Waals surface area contributed by atoms with Crippen molar-refractivity contribution in [2.45, 2.75) is 13.6 Å². The molecule has 60 heavy (non-hydrogen) atoms. The van der Waals surface area contributed by atoms with Crippen LogP contribution in [0.25, 0.3) is 85.6 Å². The van der Waals surface area contributed by atoms with Gasteiger partial charge >= 0.3 is 0 Å². The van der Waals surface area contributed by atoms with Crippen molar-refractivity contribution < 1.29 is 4.74 Å². The summed E-state index contributed by atoms with van der Waals surface area (Å²) in [6.07, 6.45) is 10.4. The van der Waals surface area contributed by atoms with Crippen LogP contribution in [-0.4, -0.2) is 47.6 Å². The number of para-hydroxylation sites is 3. The third-order valence-electron chi connectivity index (χ3n) is 11.1. The number of rotatable bonds is 10. The van der Waals surface area contributed by atoms with E-state index in [1.54, 1.807) is 0 Å². The molecule has 9 aromatic rings. The number of ether oxygens (including phenoxy) is 1. The lowest BCUT2D eigenvalue weighted by atomic mass is 10.0. The SMILES string of the molecule is C=Cc1c(/C=C2\COc3ccccc32)c2ccccc2n1CN(C)/C=C\c1c(C)c2c(-c3nc(-c4ccccc4)nc(-c4ccccc4)n3)nccc2n1-c1ccccc1. The third-order valence-corrected chi connectivity index (χ3v) is 11.1. The fourth-order valence-electron chi connectivity index (χ4n) is 8.30. The Labute approximate surface area is 348 Å². The van der Waals surface area contributed by atoms with Gasteiger partial charge in [-0.2, -0.15) is 0 Å². The van der Waals surface area contributed by atoms with Crippen LogP contribution in [0.2, 0.25) is 0 Å². The highest BCUT2D eigenvalue weighted by Crippen LogP contribution is 2.38. The molecule has 10 rings (SSSR count). The van der Waals surface area contributed by atoms with Gasteiger partial charge < -0.3 is 18.8 Å². The minimum absolute atomic E-state index is 0.518. The van der Waals surface area contributed by atoms with Crippen molar-refractivity contribution in [3.63, 3.8) is 0 Å². The highest BCUT2D eigenvalue weighted by Gasteiger charge is 2.23. The van der Waals surface area contributed by atoms with Crippen molar-refractivity contribution >= 4 is 45.6 Å². The van der Waals surface area contributed by atoms with Gasteiger partial charge in [-0.15, -0.1) is 0 Å². The average molecular weight is 780 g/mol. The fourth-order valence-corrected chi connectivity index (χ4v) is 8.30. The van der Waals surface area contributed by atoms with Gasteiger partial charge in [-0.05, 0) is 61.0 Å². The number of fused-ring (bicyclic) bond motifs is 3. The Balaban J connectivity index is 1.08. The molecule has 0 spiro atoms. The summed E-state index contributed by atoms with van der Waals surface area (Å²) < 4.78 is 10.7. The van der Waals surface area contributed by atoms with E-state index < -0.39 is 0 Å². The molecule has 0 saturated carbocycles. The van der Waals surface area contributed by atoms with Gasteiger partial charge in [-0.25, -0.2) is 15.0 Å². The molecule has 0 radical (unpaired) electrons. The van der Waals surface area contributed by atoms with Gasteiger partial charge in [0.25, 0.3) is 0 Å². The van der Waals surface area contributed by atoms with Crippen LogP contribution in [0.4, 0.5) is 0 Å².